The second kappa shape index (κ2) is 5.86. The molecule has 2 heteroatoms. The summed E-state index contributed by atoms with van der Waals surface area (Å²) in [5.41, 5.74) is -0.0664. The Morgan fingerprint density at radius 1 is 1.27 bits per heavy atom. The van der Waals surface area contributed by atoms with Crippen LogP contribution < -0.4 is 5.32 Å². The van der Waals surface area contributed by atoms with Crippen molar-refractivity contribution in [2.45, 2.75) is 58.4 Å². The normalized spacial score (nSPS) is 31.2. The molecule has 1 aliphatic carbocycles. The second-order valence-corrected chi connectivity index (χ2v) is 5.58. The van der Waals surface area contributed by atoms with Gasteiger partial charge >= 0.3 is 0 Å². The van der Waals surface area contributed by atoms with Crippen molar-refractivity contribution in [3.8, 4) is 0 Å². The van der Waals surface area contributed by atoms with Crippen molar-refractivity contribution >= 4 is 0 Å². The third kappa shape index (κ3) is 4.12. The summed E-state index contributed by atoms with van der Waals surface area (Å²) in [5.74, 6) is 1.76. The lowest BCUT2D eigenvalue weighted by atomic mass is 9.82. The molecule has 0 bridgehead atoms. The minimum Gasteiger partial charge on any atom is -0.394 e. The molecule has 1 fully saturated rings. The summed E-state index contributed by atoms with van der Waals surface area (Å²) in [7, 11) is 0. The van der Waals surface area contributed by atoms with Gasteiger partial charge in [0.2, 0.25) is 0 Å². The van der Waals surface area contributed by atoms with Crippen LogP contribution >= 0.6 is 0 Å². The van der Waals surface area contributed by atoms with Crippen molar-refractivity contribution in [1.82, 2.24) is 5.32 Å². The van der Waals surface area contributed by atoms with Gasteiger partial charge < -0.3 is 10.4 Å². The van der Waals surface area contributed by atoms with E-state index >= 15 is 0 Å². The van der Waals surface area contributed by atoms with Gasteiger partial charge in [-0.25, -0.2) is 0 Å². The Balaban J connectivity index is 2.24. The Morgan fingerprint density at radius 3 is 2.33 bits per heavy atom. The van der Waals surface area contributed by atoms with Crippen LogP contribution in [0.25, 0.3) is 0 Å². The predicted molar refractivity (Wildman–Crippen MR) is 64.9 cm³/mol. The van der Waals surface area contributed by atoms with Gasteiger partial charge in [-0.2, -0.15) is 0 Å². The Hall–Kier alpha value is -0.0800. The van der Waals surface area contributed by atoms with Crippen LogP contribution in [0.4, 0.5) is 0 Å². The Morgan fingerprint density at radius 2 is 1.87 bits per heavy atom. The number of hydrogen-bond acceptors (Lipinski definition) is 2. The average Bonchev–Trinajstić information content (AvgIpc) is 2.28. The molecule has 0 amide bonds. The molecule has 1 saturated carbocycles. The highest BCUT2D eigenvalue weighted by molar-refractivity contribution is 4.82. The molecular formula is C13H27NO. The molecule has 2 N–H and O–H groups in total. The van der Waals surface area contributed by atoms with Gasteiger partial charge in [-0.15, -0.1) is 0 Å². The first kappa shape index (κ1) is 13.0. The van der Waals surface area contributed by atoms with Crippen molar-refractivity contribution in [3.05, 3.63) is 0 Å². The molecule has 15 heavy (non-hydrogen) atoms. The molecule has 90 valence electrons. The van der Waals surface area contributed by atoms with Gasteiger partial charge in [0, 0.05) is 5.54 Å². The first-order valence-electron chi connectivity index (χ1n) is 6.45. The monoisotopic (exact) mass is 213 g/mol. The molecule has 0 aromatic carbocycles. The van der Waals surface area contributed by atoms with Gasteiger partial charge in [0.25, 0.3) is 0 Å². The molecule has 1 unspecified atom stereocenters. The quantitative estimate of drug-likeness (QED) is 0.735. The lowest BCUT2D eigenvalue weighted by molar-refractivity contribution is 0.157. The van der Waals surface area contributed by atoms with Crippen molar-refractivity contribution in [2.24, 2.45) is 11.8 Å². The van der Waals surface area contributed by atoms with Gasteiger partial charge in [0.1, 0.15) is 0 Å². The molecule has 0 aromatic heterocycles. The van der Waals surface area contributed by atoms with Gasteiger partial charge in [0.05, 0.1) is 6.61 Å². The summed E-state index contributed by atoms with van der Waals surface area (Å²) in [6.45, 7) is 7.92. The summed E-state index contributed by atoms with van der Waals surface area (Å²) in [4.78, 5) is 0. The van der Waals surface area contributed by atoms with Crippen LogP contribution in [0.5, 0.6) is 0 Å². The maximum Gasteiger partial charge on any atom is 0.0610 e. The van der Waals surface area contributed by atoms with E-state index in [1.807, 2.05) is 0 Å². The van der Waals surface area contributed by atoms with Crippen molar-refractivity contribution in [3.63, 3.8) is 0 Å². The molecule has 0 saturated heterocycles. The van der Waals surface area contributed by atoms with E-state index in [-0.39, 0.29) is 12.1 Å². The lowest BCUT2D eigenvalue weighted by Gasteiger charge is -2.32. The van der Waals surface area contributed by atoms with Crippen LogP contribution in [0.15, 0.2) is 0 Å². The predicted octanol–water partition coefficient (Wildman–Crippen LogP) is 2.56. The molecule has 1 atom stereocenters. The topological polar surface area (TPSA) is 32.3 Å². The second-order valence-electron chi connectivity index (χ2n) is 5.58. The first-order valence-corrected chi connectivity index (χ1v) is 6.45. The third-order valence-electron chi connectivity index (χ3n) is 4.08. The van der Waals surface area contributed by atoms with E-state index in [0.29, 0.717) is 0 Å². The van der Waals surface area contributed by atoms with E-state index in [4.69, 9.17) is 0 Å². The van der Waals surface area contributed by atoms with Crippen LogP contribution in [-0.2, 0) is 0 Å². The highest BCUT2D eigenvalue weighted by Gasteiger charge is 2.23. The van der Waals surface area contributed by atoms with Gasteiger partial charge in [-0.1, -0.05) is 26.7 Å². The van der Waals surface area contributed by atoms with E-state index in [1.54, 1.807) is 0 Å². The standard InChI is InChI=1S/C13H27NO/c1-4-13(3,10-15)14-9-12-7-5-11(2)6-8-12/h11-12,14-15H,4-10H2,1-3H3. The Kier molecular flexibility index (Phi) is 5.07. The summed E-state index contributed by atoms with van der Waals surface area (Å²) in [5, 5.41) is 12.8. The van der Waals surface area contributed by atoms with E-state index in [2.05, 4.69) is 26.1 Å². The minimum absolute atomic E-state index is 0.0664. The van der Waals surface area contributed by atoms with Crippen LogP contribution in [0.3, 0.4) is 0 Å². The molecule has 0 heterocycles. The zero-order chi connectivity index (χ0) is 11.3. The molecule has 0 aliphatic heterocycles. The minimum atomic E-state index is -0.0664. The molecule has 0 spiro atoms. The van der Waals surface area contributed by atoms with E-state index in [9.17, 15) is 5.11 Å². The van der Waals surface area contributed by atoms with Crippen LogP contribution in [-0.4, -0.2) is 23.8 Å². The Bertz CT molecular complexity index is 169. The average molecular weight is 213 g/mol. The number of aliphatic hydroxyl groups excluding tert-OH is 1. The van der Waals surface area contributed by atoms with Crippen LogP contribution in [0.2, 0.25) is 0 Å². The van der Waals surface area contributed by atoms with E-state index in [1.165, 1.54) is 25.7 Å². The van der Waals surface area contributed by atoms with Gasteiger partial charge in [-0.05, 0) is 44.6 Å². The highest BCUT2D eigenvalue weighted by atomic mass is 16.3. The molecule has 0 aromatic rings. The molecule has 2 nitrogen and oxygen atoms in total. The summed E-state index contributed by atoms with van der Waals surface area (Å²) < 4.78 is 0. The first-order chi connectivity index (χ1) is 7.09. The highest BCUT2D eigenvalue weighted by Crippen LogP contribution is 2.28. The van der Waals surface area contributed by atoms with Crippen molar-refractivity contribution < 1.29 is 5.11 Å². The third-order valence-corrected chi connectivity index (χ3v) is 4.08. The number of aliphatic hydroxyl groups is 1. The van der Waals surface area contributed by atoms with Crippen molar-refractivity contribution in [2.75, 3.05) is 13.2 Å². The SMILES string of the molecule is CCC(C)(CO)NCC1CCC(C)CC1. The molecule has 0 radical (unpaired) electrons. The largest absolute Gasteiger partial charge is 0.394 e. The lowest BCUT2D eigenvalue weighted by Crippen LogP contribution is -2.47. The fourth-order valence-corrected chi connectivity index (χ4v) is 2.22. The van der Waals surface area contributed by atoms with Crippen LogP contribution in [0, 0.1) is 11.8 Å². The zero-order valence-corrected chi connectivity index (χ0v) is 10.6. The molecule has 1 rings (SSSR count). The number of nitrogens with one attached hydrogen (secondary N) is 1. The molecule has 1 aliphatic rings. The smallest absolute Gasteiger partial charge is 0.0610 e. The van der Waals surface area contributed by atoms with E-state index in [0.717, 1.165) is 24.8 Å². The van der Waals surface area contributed by atoms with Crippen molar-refractivity contribution in [1.29, 1.82) is 0 Å². The number of rotatable bonds is 5. The van der Waals surface area contributed by atoms with Gasteiger partial charge in [0.15, 0.2) is 0 Å². The Labute approximate surface area is 94.5 Å². The van der Waals surface area contributed by atoms with Crippen LogP contribution in [0.1, 0.15) is 52.9 Å². The summed E-state index contributed by atoms with van der Waals surface area (Å²) >= 11 is 0. The maximum absolute atomic E-state index is 9.29. The fourth-order valence-electron chi connectivity index (χ4n) is 2.22. The fraction of sp³-hybridized carbons (Fsp3) is 1.00. The summed E-state index contributed by atoms with van der Waals surface area (Å²) in [6, 6.07) is 0. The summed E-state index contributed by atoms with van der Waals surface area (Å²) in [6.07, 6.45) is 6.48. The van der Waals surface area contributed by atoms with E-state index < -0.39 is 0 Å². The zero-order valence-electron chi connectivity index (χ0n) is 10.6. The number of hydrogen-bond donors (Lipinski definition) is 2. The van der Waals surface area contributed by atoms with Gasteiger partial charge in [-0.3, -0.25) is 0 Å². The molecular weight excluding hydrogens is 186 g/mol. The maximum atomic E-state index is 9.29.